The van der Waals surface area contributed by atoms with Crippen LogP contribution in [-0.4, -0.2) is 34.1 Å². The van der Waals surface area contributed by atoms with E-state index in [1.165, 1.54) is 0 Å². The van der Waals surface area contributed by atoms with E-state index < -0.39 is 12.2 Å². The van der Waals surface area contributed by atoms with Gasteiger partial charge in [0.05, 0.1) is 12.2 Å². The summed E-state index contributed by atoms with van der Waals surface area (Å²) in [5.41, 5.74) is -0.209. The monoisotopic (exact) mass is 204 g/mol. The molecule has 0 aromatic carbocycles. The summed E-state index contributed by atoms with van der Waals surface area (Å²) in [6.45, 7) is 7.79. The van der Waals surface area contributed by atoms with Crippen molar-refractivity contribution in [2.24, 2.45) is 11.3 Å². The van der Waals surface area contributed by atoms with E-state index in [2.05, 4.69) is 0 Å². The molecule has 0 fully saturated rings. The van der Waals surface area contributed by atoms with Gasteiger partial charge in [0.25, 0.3) is 0 Å². The molecule has 0 spiro atoms. The van der Waals surface area contributed by atoms with Gasteiger partial charge in [-0.1, -0.05) is 27.7 Å². The first-order valence-electron chi connectivity index (χ1n) is 5.27. The zero-order valence-corrected chi connectivity index (χ0v) is 9.70. The van der Waals surface area contributed by atoms with Crippen molar-refractivity contribution in [3.05, 3.63) is 0 Å². The summed E-state index contributed by atoms with van der Waals surface area (Å²) in [6.07, 6.45) is 0.0836. The van der Waals surface area contributed by atoms with Gasteiger partial charge in [-0.05, 0) is 18.3 Å². The van der Waals surface area contributed by atoms with Crippen molar-refractivity contribution >= 4 is 0 Å². The minimum Gasteiger partial charge on any atom is -0.396 e. The van der Waals surface area contributed by atoms with Crippen LogP contribution in [0, 0.1) is 11.3 Å². The minimum absolute atomic E-state index is 0.0927. The lowest BCUT2D eigenvalue weighted by Gasteiger charge is -2.33. The molecule has 0 rings (SSSR count). The average molecular weight is 204 g/mol. The Hall–Kier alpha value is -0.120. The lowest BCUT2D eigenvalue weighted by molar-refractivity contribution is -0.0394. The van der Waals surface area contributed by atoms with Gasteiger partial charge in [0.2, 0.25) is 0 Å². The van der Waals surface area contributed by atoms with E-state index in [4.69, 9.17) is 5.11 Å². The van der Waals surface area contributed by atoms with Crippen molar-refractivity contribution in [1.82, 2.24) is 0 Å². The Bertz CT molecular complexity index is 151. The minimum atomic E-state index is -0.531. The Morgan fingerprint density at radius 2 is 1.64 bits per heavy atom. The van der Waals surface area contributed by atoms with Crippen LogP contribution < -0.4 is 0 Å². The highest BCUT2D eigenvalue weighted by atomic mass is 16.3. The molecule has 0 saturated carbocycles. The highest BCUT2D eigenvalue weighted by molar-refractivity contribution is 4.81. The first kappa shape index (κ1) is 13.9. The number of hydrogen-bond acceptors (Lipinski definition) is 3. The predicted octanol–water partition coefficient (Wildman–Crippen LogP) is 1.16. The Morgan fingerprint density at radius 3 is 2.00 bits per heavy atom. The largest absolute Gasteiger partial charge is 0.396 e. The lowest BCUT2D eigenvalue weighted by atomic mass is 9.79. The topological polar surface area (TPSA) is 60.7 Å². The van der Waals surface area contributed by atoms with Gasteiger partial charge in [0.15, 0.2) is 0 Å². The maximum absolute atomic E-state index is 9.90. The molecule has 14 heavy (non-hydrogen) atoms. The van der Waals surface area contributed by atoms with Crippen molar-refractivity contribution in [2.75, 3.05) is 6.61 Å². The van der Waals surface area contributed by atoms with Crippen molar-refractivity contribution in [1.29, 1.82) is 0 Å². The number of aliphatic hydroxyl groups excluding tert-OH is 3. The van der Waals surface area contributed by atoms with E-state index >= 15 is 0 Å². The maximum Gasteiger partial charge on any atom is 0.0638 e. The van der Waals surface area contributed by atoms with E-state index in [1.807, 2.05) is 27.7 Å². The Balaban J connectivity index is 4.10. The molecule has 0 radical (unpaired) electrons. The molecular formula is C11H24O3. The third-order valence-corrected chi connectivity index (χ3v) is 2.65. The zero-order valence-electron chi connectivity index (χ0n) is 9.70. The first-order chi connectivity index (χ1) is 6.30. The molecule has 0 aromatic rings. The summed E-state index contributed by atoms with van der Waals surface area (Å²) in [7, 11) is 0. The Kier molecular flexibility index (Phi) is 5.64. The molecule has 0 aliphatic heterocycles. The molecule has 0 heterocycles. The number of aliphatic hydroxyl groups is 3. The van der Waals surface area contributed by atoms with Crippen molar-refractivity contribution < 1.29 is 15.3 Å². The quantitative estimate of drug-likeness (QED) is 0.630. The standard InChI is InChI=1S/C11H24O3/c1-8(9(13)6-5-7-12)10(14)11(2,3)4/h8-10,12-14H,5-7H2,1-4H3/t8-,9+,10-/m0/s1. The van der Waals surface area contributed by atoms with Crippen LogP contribution >= 0.6 is 0 Å². The maximum atomic E-state index is 9.90. The second kappa shape index (κ2) is 5.69. The Morgan fingerprint density at radius 1 is 1.14 bits per heavy atom. The molecule has 3 atom stereocenters. The molecule has 3 nitrogen and oxygen atoms in total. The van der Waals surface area contributed by atoms with Gasteiger partial charge in [-0.2, -0.15) is 0 Å². The van der Waals surface area contributed by atoms with E-state index in [0.717, 1.165) is 0 Å². The zero-order chi connectivity index (χ0) is 11.4. The molecule has 0 saturated heterocycles. The van der Waals surface area contributed by atoms with Crippen LogP contribution in [0.25, 0.3) is 0 Å². The molecule has 0 unspecified atom stereocenters. The normalized spacial score (nSPS) is 19.1. The second-order valence-corrected chi connectivity index (χ2v) is 5.10. The Labute approximate surface area is 86.8 Å². The molecule has 3 heteroatoms. The molecule has 0 bridgehead atoms. The number of rotatable bonds is 5. The van der Waals surface area contributed by atoms with Gasteiger partial charge in [-0.25, -0.2) is 0 Å². The van der Waals surface area contributed by atoms with Crippen LogP contribution in [0.2, 0.25) is 0 Å². The van der Waals surface area contributed by atoms with Crippen LogP contribution in [-0.2, 0) is 0 Å². The van der Waals surface area contributed by atoms with E-state index in [1.54, 1.807) is 0 Å². The first-order valence-corrected chi connectivity index (χ1v) is 5.27. The summed E-state index contributed by atoms with van der Waals surface area (Å²) in [5.74, 6) is -0.151. The summed E-state index contributed by atoms with van der Waals surface area (Å²) in [4.78, 5) is 0. The summed E-state index contributed by atoms with van der Waals surface area (Å²) < 4.78 is 0. The average Bonchev–Trinajstić information content (AvgIpc) is 2.10. The van der Waals surface area contributed by atoms with Crippen molar-refractivity contribution in [2.45, 2.75) is 52.7 Å². The molecule has 3 N–H and O–H groups in total. The molecule has 0 aromatic heterocycles. The fourth-order valence-electron chi connectivity index (χ4n) is 1.56. The van der Waals surface area contributed by atoms with Crippen molar-refractivity contribution in [3.8, 4) is 0 Å². The SMILES string of the molecule is C[C@@H]([C@H](O)CCCO)[C@H](O)C(C)(C)C. The van der Waals surface area contributed by atoms with E-state index in [9.17, 15) is 10.2 Å². The van der Waals surface area contributed by atoms with Gasteiger partial charge in [-0.15, -0.1) is 0 Å². The highest BCUT2D eigenvalue weighted by Crippen LogP contribution is 2.28. The van der Waals surface area contributed by atoms with Crippen LogP contribution in [0.4, 0.5) is 0 Å². The van der Waals surface area contributed by atoms with Crippen LogP contribution in [0.3, 0.4) is 0 Å². The smallest absolute Gasteiger partial charge is 0.0638 e. The number of hydrogen-bond donors (Lipinski definition) is 3. The third kappa shape index (κ3) is 4.40. The van der Waals surface area contributed by atoms with Gasteiger partial charge < -0.3 is 15.3 Å². The van der Waals surface area contributed by atoms with Gasteiger partial charge in [0.1, 0.15) is 0 Å². The second-order valence-electron chi connectivity index (χ2n) is 5.10. The highest BCUT2D eigenvalue weighted by Gasteiger charge is 2.31. The fourth-order valence-corrected chi connectivity index (χ4v) is 1.56. The molecular weight excluding hydrogens is 180 g/mol. The molecule has 86 valence electrons. The van der Waals surface area contributed by atoms with E-state index in [0.29, 0.717) is 12.8 Å². The summed E-state index contributed by atoms with van der Waals surface area (Å²) in [6, 6.07) is 0. The van der Waals surface area contributed by atoms with E-state index in [-0.39, 0.29) is 17.9 Å². The molecule has 0 amide bonds. The molecule has 0 aliphatic rings. The van der Waals surface area contributed by atoms with Crippen LogP contribution in [0.15, 0.2) is 0 Å². The van der Waals surface area contributed by atoms with Crippen molar-refractivity contribution in [3.63, 3.8) is 0 Å². The lowest BCUT2D eigenvalue weighted by Crippen LogP contribution is -2.38. The van der Waals surface area contributed by atoms with Gasteiger partial charge >= 0.3 is 0 Å². The van der Waals surface area contributed by atoms with Gasteiger partial charge in [-0.3, -0.25) is 0 Å². The predicted molar refractivity (Wildman–Crippen MR) is 57.0 cm³/mol. The van der Waals surface area contributed by atoms with Crippen LogP contribution in [0.5, 0.6) is 0 Å². The van der Waals surface area contributed by atoms with Gasteiger partial charge in [0, 0.05) is 12.5 Å². The summed E-state index contributed by atoms with van der Waals surface area (Å²) >= 11 is 0. The van der Waals surface area contributed by atoms with Crippen LogP contribution in [0.1, 0.15) is 40.5 Å². The fraction of sp³-hybridized carbons (Fsp3) is 1.00. The third-order valence-electron chi connectivity index (χ3n) is 2.65. The molecule has 0 aliphatic carbocycles. The summed E-state index contributed by atoms with van der Waals surface area (Å²) in [5, 5.41) is 28.2.